The van der Waals surface area contributed by atoms with Crippen molar-refractivity contribution in [2.45, 2.75) is 30.4 Å². The van der Waals surface area contributed by atoms with Crippen LogP contribution in [0.2, 0.25) is 5.02 Å². The highest BCUT2D eigenvalue weighted by Crippen LogP contribution is 2.31. The number of ether oxygens (including phenoxy) is 1. The fourth-order valence-electron chi connectivity index (χ4n) is 2.54. The molecule has 0 unspecified atom stereocenters. The van der Waals surface area contributed by atoms with Gasteiger partial charge in [0.1, 0.15) is 0 Å². The molecule has 0 aliphatic carbocycles. The summed E-state index contributed by atoms with van der Waals surface area (Å²) in [6, 6.07) is 5.68. The molecule has 4 nitrogen and oxygen atoms in total. The van der Waals surface area contributed by atoms with E-state index in [-0.39, 0.29) is 18.1 Å². The van der Waals surface area contributed by atoms with Crippen molar-refractivity contribution in [3.63, 3.8) is 0 Å². The Balaban J connectivity index is 1.62. The summed E-state index contributed by atoms with van der Waals surface area (Å²) in [5.74, 6) is 0.553. The Morgan fingerprint density at radius 3 is 2.91 bits per heavy atom. The van der Waals surface area contributed by atoms with Crippen molar-refractivity contribution in [2.75, 3.05) is 18.8 Å². The number of morpholine rings is 1. The van der Waals surface area contributed by atoms with Gasteiger partial charge in [0.2, 0.25) is 5.91 Å². The van der Waals surface area contributed by atoms with Crippen LogP contribution in [0, 0.1) is 0 Å². The topological polar surface area (TPSA) is 42.4 Å². The number of carbonyl (C=O) groups is 1. The number of hydrogen-bond donors (Lipinski definition) is 0. The first kappa shape index (κ1) is 16.1. The lowest BCUT2D eigenvalue weighted by atomic mass is 10.2. The molecule has 0 radical (unpaired) electrons. The molecule has 0 bridgehead atoms. The summed E-state index contributed by atoms with van der Waals surface area (Å²) in [6.07, 6.45) is 0.199. The van der Waals surface area contributed by atoms with E-state index in [0.717, 1.165) is 14.6 Å². The molecule has 2 aromatic rings. The van der Waals surface area contributed by atoms with Gasteiger partial charge in [-0.2, -0.15) is 0 Å². The smallest absolute Gasteiger partial charge is 0.233 e. The monoisotopic (exact) mass is 356 g/mol. The highest BCUT2D eigenvalue weighted by molar-refractivity contribution is 8.01. The molecule has 0 saturated carbocycles. The summed E-state index contributed by atoms with van der Waals surface area (Å²) in [7, 11) is 0. The maximum absolute atomic E-state index is 12.3. The summed E-state index contributed by atoms with van der Waals surface area (Å²) in [6.45, 7) is 5.33. The summed E-state index contributed by atoms with van der Waals surface area (Å²) in [4.78, 5) is 18.7. The molecule has 118 valence electrons. The minimum atomic E-state index is 0.0993. The lowest BCUT2D eigenvalue weighted by Gasteiger charge is -2.35. The van der Waals surface area contributed by atoms with Crippen LogP contribution in [0.15, 0.2) is 22.5 Å². The molecular weight excluding hydrogens is 340 g/mol. The van der Waals surface area contributed by atoms with Gasteiger partial charge in [-0.05, 0) is 32.0 Å². The average molecular weight is 357 g/mol. The van der Waals surface area contributed by atoms with Gasteiger partial charge in [0.25, 0.3) is 0 Å². The second-order valence-electron chi connectivity index (χ2n) is 5.44. The molecule has 0 N–H and O–H groups in total. The standard InChI is InChI=1S/C15H17ClN2O2S2/c1-9-6-18(7-10(2)20-9)14(19)8-21-15-17-12-5-11(16)3-4-13(12)22-15/h3-5,9-10H,6-8H2,1-2H3/t9-,10+. The lowest BCUT2D eigenvalue weighted by Crippen LogP contribution is -2.48. The van der Waals surface area contributed by atoms with Crippen molar-refractivity contribution < 1.29 is 9.53 Å². The Kier molecular flexibility index (Phi) is 4.92. The molecule has 1 amide bonds. The molecule has 22 heavy (non-hydrogen) atoms. The number of fused-ring (bicyclic) bond motifs is 1. The van der Waals surface area contributed by atoms with Gasteiger partial charge in [-0.1, -0.05) is 23.4 Å². The first-order valence-electron chi connectivity index (χ1n) is 7.13. The number of thioether (sulfide) groups is 1. The van der Waals surface area contributed by atoms with Crippen LogP contribution in [0.1, 0.15) is 13.8 Å². The third-order valence-corrected chi connectivity index (χ3v) is 5.82. The van der Waals surface area contributed by atoms with Gasteiger partial charge >= 0.3 is 0 Å². The zero-order valence-electron chi connectivity index (χ0n) is 12.4. The molecule has 1 fully saturated rings. The van der Waals surface area contributed by atoms with Crippen molar-refractivity contribution >= 4 is 50.8 Å². The summed E-state index contributed by atoms with van der Waals surface area (Å²) >= 11 is 9.05. The van der Waals surface area contributed by atoms with Crippen molar-refractivity contribution in [2.24, 2.45) is 0 Å². The van der Waals surface area contributed by atoms with Crippen molar-refractivity contribution in [3.8, 4) is 0 Å². The minimum absolute atomic E-state index is 0.0993. The van der Waals surface area contributed by atoms with Gasteiger partial charge in [-0.15, -0.1) is 11.3 Å². The Labute approximate surface area is 142 Å². The number of aromatic nitrogens is 1. The van der Waals surface area contributed by atoms with Crippen LogP contribution in [0.3, 0.4) is 0 Å². The van der Waals surface area contributed by atoms with E-state index in [0.29, 0.717) is 23.9 Å². The summed E-state index contributed by atoms with van der Waals surface area (Å²) < 4.78 is 7.65. The molecule has 3 rings (SSSR count). The van der Waals surface area contributed by atoms with Gasteiger partial charge in [0.05, 0.1) is 28.2 Å². The van der Waals surface area contributed by atoms with E-state index in [1.165, 1.54) is 11.8 Å². The van der Waals surface area contributed by atoms with Crippen molar-refractivity contribution in [1.29, 1.82) is 0 Å². The van der Waals surface area contributed by atoms with Crippen LogP contribution in [-0.4, -0.2) is 46.8 Å². The number of rotatable bonds is 3. The number of carbonyl (C=O) groups excluding carboxylic acids is 1. The predicted octanol–water partition coefficient (Wildman–Crippen LogP) is 3.68. The maximum Gasteiger partial charge on any atom is 0.233 e. The van der Waals surface area contributed by atoms with E-state index in [1.54, 1.807) is 11.3 Å². The number of halogens is 1. The maximum atomic E-state index is 12.3. The lowest BCUT2D eigenvalue weighted by molar-refractivity contribution is -0.140. The first-order chi connectivity index (χ1) is 10.5. The van der Waals surface area contributed by atoms with Crippen LogP contribution < -0.4 is 0 Å². The minimum Gasteiger partial charge on any atom is -0.372 e. The molecule has 1 aromatic heterocycles. The quantitative estimate of drug-likeness (QED) is 0.787. The molecule has 0 spiro atoms. The SMILES string of the molecule is C[C@@H]1CN(C(=O)CSc2nc3cc(Cl)ccc3s2)C[C@H](C)O1. The van der Waals surface area contributed by atoms with Gasteiger partial charge < -0.3 is 9.64 Å². The van der Waals surface area contributed by atoms with Crippen molar-refractivity contribution in [1.82, 2.24) is 9.88 Å². The average Bonchev–Trinajstić information content (AvgIpc) is 2.85. The molecule has 2 atom stereocenters. The molecule has 1 aliphatic heterocycles. The third kappa shape index (κ3) is 3.74. The summed E-state index contributed by atoms with van der Waals surface area (Å²) in [5, 5.41) is 0.682. The van der Waals surface area contributed by atoms with Crippen LogP contribution in [0.25, 0.3) is 10.2 Å². The van der Waals surface area contributed by atoms with E-state index < -0.39 is 0 Å². The van der Waals surface area contributed by atoms with Gasteiger partial charge in [-0.25, -0.2) is 4.98 Å². The first-order valence-corrected chi connectivity index (χ1v) is 9.31. The molecular formula is C15H17ClN2O2S2. The van der Waals surface area contributed by atoms with Crippen LogP contribution in [0.4, 0.5) is 0 Å². The zero-order chi connectivity index (χ0) is 15.7. The van der Waals surface area contributed by atoms with Crippen LogP contribution in [0.5, 0.6) is 0 Å². The van der Waals surface area contributed by atoms with Gasteiger partial charge in [0, 0.05) is 18.1 Å². The second-order valence-corrected chi connectivity index (χ2v) is 8.13. The van der Waals surface area contributed by atoms with Crippen molar-refractivity contribution in [3.05, 3.63) is 23.2 Å². The number of amides is 1. The largest absolute Gasteiger partial charge is 0.372 e. The van der Waals surface area contributed by atoms with E-state index in [9.17, 15) is 4.79 Å². The fourth-order valence-corrected chi connectivity index (χ4v) is 4.66. The third-order valence-electron chi connectivity index (χ3n) is 3.42. The van der Waals surface area contributed by atoms with E-state index in [1.807, 2.05) is 36.9 Å². The number of thiazole rings is 1. The normalized spacial score (nSPS) is 22.2. The Morgan fingerprint density at radius 2 is 2.18 bits per heavy atom. The van der Waals surface area contributed by atoms with Crippen LogP contribution in [-0.2, 0) is 9.53 Å². The molecule has 7 heteroatoms. The van der Waals surface area contributed by atoms with E-state index in [2.05, 4.69) is 4.98 Å². The highest BCUT2D eigenvalue weighted by atomic mass is 35.5. The fraction of sp³-hybridized carbons (Fsp3) is 0.467. The molecule has 1 aromatic carbocycles. The predicted molar refractivity (Wildman–Crippen MR) is 91.9 cm³/mol. The van der Waals surface area contributed by atoms with E-state index in [4.69, 9.17) is 16.3 Å². The molecule has 1 aliphatic rings. The second kappa shape index (κ2) is 6.74. The Hall–Kier alpha value is -0.820. The van der Waals surface area contributed by atoms with Crippen LogP contribution >= 0.6 is 34.7 Å². The van der Waals surface area contributed by atoms with E-state index >= 15 is 0 Å². The molecule has 1 saturated heterocycles. The summed E-state index contributed by atoms with van der Waals surface area (Å²) in [5.41, 5.74) is 0.890. The van der Waals surface area contributed by atoms with Gasteiger partial charge in [0.15, 0.2) is 4.34 Å². The Bertz CT molecular complexity index is 681. The number of hydrogen-bond acceptors (Lipinski definition) is 5. The Morgan fingerprint density at radius 1 is 1.45 bits per heavy atom. The number of benzene rings is 1. The number of nitrogens with zero attached hydrogens (tertiary/aromatic N) is 2. The van der Waals surface area contributed by atoms with Gasteiger partial charge in [-0.3, -0.25) is 4.79 Å². The zero-order valence-corrected chi connectivity index (χ0v) is 14.8. The molecule has 2 heterocycles. The highest BCUT2D eigenvalue weighted by Gasteiger charge is 2.25.